The molecule has 2 aliphatic carbocycles. The number of benzene rings is 9. The predicted molar refractivity (Wildman–Crippen MR) is 230 cm³/mol. The lowest BCUT2D eigenvalue weighted by atomic mass is 9.72. The third kappa shape index (κ3) is 4.26. The average Bonchev–Trinajstić information content (AvgIpc) is 3.58. The standard InChI is InChI=1S/C54H40/c1-53(2)47-23-12-11-18-39(47)45-28-29-46-40-27-26-36(32-48(40)54(3,4)52(46)51(45)53)35-16-13-17-37(31-35)49-41-19-7-9-21-43(41)50(44-22-10-8-20-42(44)49)38-25-24-33-14-5-6-15-34(33)30-38/h5-32H,1-4H3. The molecule has 0 heterocycles. The summed E-state index contributed by atoms with van der Waals surface area (Å²) in [6.07, 6.45) is 0. The molecular weight excluding hydrogens is 649 g/mol. The molecule has 0 unspecified atom stereocenters. The summed E-state index contributed by atoms with van der Waals surface area (Å²) < 4.78 is 0. The molecular formula is C54H40. The summed E-state index contributed by atoms with van der Waals surface area (Å²) in [6, 6.07) is 63.7. The fraction of sp³-hybridized carbons (Fsp3) is 0.111. The fourth-order valence-corrected chi connectivity index (χ4v) is 10.3. The largest absolute Gasteiger partial charge is 0.0619 e. The van der Waals surface area contributed by atoms with Crippen molar-refractivity contribution in [3.8, 4) is 55.6 Å². The lowest BCUT2D eigenvalue weighted by molar-refractivity contribution is 0.601. The van der Waals surface area contributed by atoms with Gasteiger partial charge in [-0.3, -0.25) is 0 Å². The van der Waals surface area contributed by atoms with E-state index in [1.54, 1.807) is 0 Å². The Hall–Kier alpha value is -6.24. The number of hydrogen-bond acceptors (Lipinski definition) is 0. The van der Waals surface area contributed by atoms with Crippen molar-refractivity contribution in [3.05, 3.63) is 192 Å². The Balaban J connectivity index is 1.06. The van der Waals surface area contributed by atoms with E-state index in [0.29, 0.717) is 0 Å². The monoisotopic (exact) mass is 688 g/mol. The summed E-state index contributed by atoms with van der Waals surface area (Å²) >= 11 is 0. The highest BCUT2D eigenvalue weighted by Crippen LogP contribution is 2.59. The van der Waals surface area contributed by atoms with Gasteiger partial charge in [-0.2, -0.15) is 0 Å². The third-order valence-electron chi connectivity index (χ3n) is 12.8. The van der Waals surface area contributed by atoms with E-state index in [9.17, 15) is 0 Å². The van der Waals surface area contributed by atoms with Crippen molar-refractivity contribution in [2.75, 3.05) is 0 Å². The molecule has 0 heteroatoms. The van der Waals surface area contributed by atoms with Crippen LogP contribution in [0.4, 0.5) is 0 Å². The number of hydrogen-bond donors (Lipinski definition) is 0. The topological polar surface area (TPSA) is 0 Å². The minimum atomic E-state index is -0.131. The Kier molecular flexibility index (Phi) is 6.46. The normalized spacial score (nSPS) is 14.6. The Labute approximate surface area is 317 Å². The van der Waals surface area contributed by atoms with Crippen LogP contribution in [0.15, 0.2) is 170 Å². The molecule has 9 aromatic carbocycles. The molecule has 256 valence electrons. The van der Waals surface area contributed by atoms with Gasteiger partial charge in [-0.1, -0.05) is 179 Å². The summed E-state index contributed by atoms with van der Waals surface area (Å²) in [6.45, 7) is 9.70. The van der Waals surface area contributed by atoms with Gasteiger partial charge >= 0.3 is 0 Å². The molecule has 0 amide bonds. The van der Waals surface area contributed by atoms with Crippen molar-refractivity contribution in [2.45, 2.75) is 38.5 Å². The maximum absolute atomic E-state index is 2.48. The second-order valence-electron chi connectivity index (χ2n) is 16.5. The van der Waals surface area contributed by atoms with Crippen LogP contribution in [-0.4, -0.2) is 0 Å². The molecule has 0 aromatic heterocycles. The molecule has 0 bridgehead atoms. The molecule has 2 aliphatic rings. The van der Waals surface area contributed by atoms with Crippen LogP contribution in [0.5, 0.6) is 0 Å². The van der Waals surface area contributed by atoms with E-state index in [4.69, 9.17) is 0 Å². The molecule has 11 rings (SSSR count). The van der Waals surface area contributed by atoms with Crippen LogP contribution in [0.1, 0.15) is 49.9 Å². The fourth-order valence-electron chi connectivity index (χ4n) is 10.3. The first kappa shape index (κ1) is 31.3. The summed E-state index contributed by atoms with van der Waals surface area (Å²) in [5.74, 6) is 0. The van der Waals surface area contributed by atoms with E-state index in [-0.39, 0.29) is 10.8 Å². The average molecular weight is 689 g/mol. The van der Waals surface area contributed by atoms with E-state index >= 15 is 0 Å². The van der Waals surface area contributed by atoms with Crippen molar-refractivity contribution < 1.29 is 0 Å². The molecule has 0 nitrogen and oxygen atoms in total. The molecule has 0 radical (unpaired) electrons. The Bertz CT molecular complexity index is 2990. The smallest absolute Gasteiger partial charge is 0.0162 e. The minimum Gasteiger partial charge on any atom is -0.0619 e. The summed E-state index contributed by atoms with van der Waals surface area (Å²) in [7, 11) is 0. The van der Waals surface area contributed by atoms with Crippen molar-refractivity contribution in [3.63, 3.8) is 0 Å². The lowest BCUT2D eigenvalue weighted by Crippen LogP contribution is -2.24. The quantitative estimate of drug-likeness (QED) is 0.162. The van der Waals surface area contributed by atoms with Crippen LogP contribution >= 0.6 is 0 Å². The van der Waals surface area contributed by atoms with Crippen molar-refractivity contribution in [2.24, 2.45) is 0 Å². The van der Waals surface area contributed by atoms with Crippen molar-refractivity contribution in [1.29, 1.82) is 0 Å². The number of rotatable bonds is 3. The molecule has 0 saturated heterocycles. The first-order valence-electron chi connectivity index (χ1n) is 19.3. The maximum Gasteiger partial charge on any atom is 0.0162 e. The zero-order valence-corrected chi connectivity index (χ0v) is 31.2. The van der Waals surface area contributed by atoms with E-state index in [1.807, 2.05) is 0 Å². The highest BCUT2D eigenvalue weighted by molar-refractivity contribution is 6.21. The predicted octanol–water partition coefficient (Wildman–Crippen LogP) is 14.8. The zero-order chi connectivity index (χ0) is 36.3. The molecule has 54 heavy (non-hydrogen) atoms. The number of fused-ring (bicyclic) bond motifs is 10. The van der Waals surface area contributed by atoms with Crippen LogP contribution in [0.25, 0.3) is 88.0 Å². The van der Waals surface area contributed by atoms with Gasteiger partial charge in [-0.05, 0) is 128 Å². The third-order valence-corrected chi connectivity index (χ3v) is 12.8. The van der Waals surface area contributed by atoms with Gasteiger partial charge in [0.15, 0.2) is 0 Å². The highest BCUT2D eigenvalue weighted by atomic mass is 14.5. The Morgan fingerprint density at radius 1 is 0.296 bits per heavy atom. The highest BCUT2D eigenvalue weighted by Gasteiger charge is 2.45. The first-order valence-corrected chi connectivity index (χ1v) is 19.3. The van der Waals surface area contributed by atoms with Gasteiger partial charge in [0.2, 0.25) is 0 Å². The molecule has 0 fully saturated rings. The van der Waals surface area contributed by atoms with Crippen LogP contribution < -0.4 is 0 Å². The molecule has 0 N–H and O–H groups in total. The van der Waals surface area contributed by atoms with Crippen molar-refractivity contribution >= 4 is 32.3 Å². The maximum atomic E-state index is 2.48. The minimum absolute atomic E-state index is 0.0524. The van der Waals surface area contributed by atoms with E-state index in [0.717, 1.165) is 0 Å². The SMILES string of the molecule is CC1(C)c2ccccc2-c2ccc3c(c21)C(C)(C)c1cc(-c2cccc(-c4c5ccccc5c(-c5ccc6ccccc6c5)c5ccccc45)c2)ccc1-3. The second kappa shape index (κ2) is 11.1. The Morgan fingerprint density at radius 2 is 0.759 bits per heavy atom. The summed E-state index contributed by atoms with van der Waals surface area (Å²) in [5, 5.41) is 7.64. The van der Waals surface area contributed by atoms with Gasteiger partial charge in [-0.25, -0.2) is 0 Å². The summed E-state index contributed by atoms with van der Waals surface area (Å²) in [4.78, 5) is 0. The Morgan fingerprint density at radius 3 is 1.43 bits per heavy atom. The zero-order valence-electron chi connectivity index (χ0n) is 31.2. The molecule has 0 atom stereocenters. The van der Waals surface area contributed by atoms with Gasteiger partial charge in [-0.15, -0.1) is 0 Å². The van der Waals surface area contributed by atoms with Gasteiger partial charge in [0.1, 0.15) is 0 Å². The van der Waals surface area contributed by atoms with E-state index in [1.165, 1.54) is 110 Å². The summed E-state index contributed by atoms with van der Waals surface area (Å²) in [5.41, 5.74) is 18.8. The van der Waals surface area contributed by atoms with Crippen LogP contribution in [0.2, 0.25) is 0 Å². The first-order chi connectivity index (χ1) is 26.3. The molecule has 0 aliphatic heterocycles. The van der Waals surface area contributed by atoms with Crippen molar-refractivity contribution in [1.82, 2.24) is 0 Å². The molecule has 9 aromatic rings. The second-order valence-corrected chi connectivity index (χ2v) is 16.5. The lowest BCUT2D eigenvalue weighted by Gasteiger charge is -2.30. The molecule has 0 spiro atoms. The van der Waals surface area contributed by atoms with Gasteiger partial charge in [0, 0.05) is 10.8 Å². The van der Waals surface area contributed by atoms with Crippen LogP contribution in [0.3, 0.4) is 0 Å². The van der Waals surface area contributed by atoms with Crippen LogP contribution in [0, 0.1) is 0 Å². The molecule has 0 saturated carbocycles. The van der Waals surface area contributed by atoms with Crippen LogP contribution in [-0.2, 0) is 10.8 Å². The van der Waals surface area contributed by atoms with E-state index < -0.39 is 0 Å². The van der Waals surface area contributed by atoms with Gasteiger partial charge in [0.05, 0.1) is 0 Å². The van der Waals surface area contributed by atoms with Gasteiger partial charge < -0.3 is 0 Å². The van der Waals surface area contributed by atoms with E-state index in [2.05, 4.69) is 198 Å². The van der Waals surface area contributed by atoms with Gasteiger partial charge in [0.25, 0.3) is 0 Å².